The van der Waals surface area contributed by atoms with Gasteiger partial charge in [-0.25, -0.2) is 0 Å². The lowest BCUT2D eigenvalue weighted by molar-refractivity contribution is -0.749. The molecule has 5 rings (SSSR count). The highest BCUT2D eigenvalue weighted by molar-refractivity contribution is 5.85. The SMILES string of the molecule is N#Cc1cccc2c1c[n+]1n2-c2cc(-c3ccccc3)ccc2C1. The predicted octanol–water partition coefficient (Wildman–Crippen LogP) is 3.82. The Morgan fingerprint density at radius 2 is 1.79 bits per heavy atom. The first-order chi connectivity index (χ1) is 11.8. The van der Waals surface area contributed by atoms with Gasteiger partial charge in [0.2, 0.25) is 6.20 Å². The fourth-order valence-corrected chi connectivity index (χ4v) is 3.58. The Morgan fingerprint density at radius 1 is 0.917 bits per heavy atom. The fourth-order valence-electron chi connectivity index (χ4n) is 3.58. The largest absolute Gasteiger partial charge is 0.205 e. The van der Waals surface area contributed by atoms with Crippen LogP contribution in [-0.2, 0) is 6.54 Å². The third-order valence-corrected chi connectivity index (χ3v) is 4.72. The molecular weight excluding hydrogens is 294 g/mol. The zero-order chi connectivity index (χ0) is 16.1. The van der Waals surface area contributed by atoms with Gasteiger partial charge in [0.1, 0.15) is 17.3 Å². The topological polar surface area (TPSA) is 32.6 Å². The molecule has 0 saturated carbocycles. The maximum absolute atomic E-state index is 9.35. The Morgan fingerprint density at radius 3 is 2.62 bits per heavy atom. The van der Waals surface area contributed by atoms with Gasteiger partial charge in [0.15, 0.2) is 6.54 Å². The average Bonchev–Trinajstić information content (AvgIpc) is 3.17. The van der Waals surface area contributed by atoms with Crippen molar-refractivity contribution in [2.24, 2.45) is 0 Å². The Bertz CT molecular complexity index is 1130. The minimum absolute atomic E-state index is 0.725. The van der Waals surface area contributed by atoms with Gasteiger partial charge in [-0.1, -0.05) is 42.5 Å². The van der Waals surface area contributed by atoms with Crippen molar-refractivity contribution in [3.8, 4) is 22.9 Å². The molecule has 112 valence electrons. The molecule has 3 aromatic carbocycles. The van der Waals surface area contributed by atoms with Gasteiger partial charge in [-0.15, -0.1) is 9.36 Å². The number of nitrogens with zero attached hydrogens (tertiary/aromatic N) is 3. The van der Waals surface area contributed by atoms with Gasteiger partial charge < -0.3 is 0 Å². The maximum atomic E-state index is 9.35. The lowest BCUT2D eigenvalue weighted by Gasteiger charge is -2.04. The molecule has 0 unspecified atom stereocenters. The molecule has 0 aliphatic carbocycles. The summed E-state index contributed by atoms with van der Waals surface area (Å²) < 4.78 is 4.41. The molecule has 0 N–H and O–H groups in total. The molecule has 0 bridgehead atoms. The Labute approximate surface area is 139 Å². The lowest BCUT2D eigenvalue weighted by atomic mass is 10.0. The molecule has 1 aromatic heterocycles. The Balaban J connectivity index is 1.76. The minimum atomic E-state index is 0.725. The van der Waals surface area contributed by atoms with E-state index in [0.29, 0.717) is 0 Å². The molecule has 24 heavy (non-hydrogen) atoms. The van der Waals surface area contributed by atoms with Crippen molar-refractivity contribution < 1.29 is 4.68 Å². The van der Waals surface area contributed by atoms with Crippen LogP contribution in [0, 0.1) is 11.3 Å². The second-order valence-electron chi connectivity index (χ2n) is 6.10. The van der Waals surface area contributed by atoms with Gasteiger partial charge in [0.05, 0.1) is 10.9 Å². The van der Waals surface area contributed by atoms with E-state index in [0.717, 1.165) is 23.0 Å². The standard InChI is InChI=1S/C21H14N3/c22-12-17-7-4-8-20-19(17)14-23-13-18-10-9-16(11-21(18)24(20)23)15-5-2-1-3-6-15/h1-11,14H,13H2/q+1. The first kappa shape index (κ1) is 13.1. The summed E-state index contributed by atoms with van der Waals surface area (Å²) in [5.74, 6) is 0. The average molecular weight is 308 g/mol. The molecule has 1 aliphatic rings. The van der Waals surface area contributed by atoms with Gasteiger partial charge in [0.25, 0.3) is 0 Å². The number of aromatic nitrogens is 2. The van der Waals surface area contributed by atoms with Crippen LogP contribution in [0.25, 0.3) is 27.7 Å². The molecule has 0 saturated heterocycles. The summed E-state index contributed by atoms with van der Waals surface area (Å²) in [5.41, 5.74) is 6.73. The van der Waals surface area contributed by atoms with Crippen molar-refractivity contribution in [3.63, 3.8) is 0 Å². The van der Waals surface area contributed by atoms with Crippen molar-refractivity contribution in [1.82, 2.24) is 4.68 Å². The van der Waals surface area contributed by atoms with Gasteiger partial charge in [0, 0.05) is 5.56 Å². The van der Waals surface area contributed by atoms with Crippen LogP contribution < -0.4 is 4.68 Å². The lowest BCUT2D eigenvalue weighted by Crippen LogP contribution is -2.36. The molecular formula is C21H14N3+. The highest BCUT2D eigenvalue weighted by atomic mass is 15.4. The molecule has 2 heterocycles. The van der Waals surface area contributed by atoms with E-state index >= 15 is 0 Å². The van der Waals surface area contributed by atoms with Crippen molar-refractivity contribution in [1.29, 1.82) is 5.26 Å². The van der Waals surface area contributed by atoms with E-state index in [-0.39, 0.29) is 0 Å². The van der Waals surface area contributed by atoms with Crippen LogP contribution in [-0.4, -0.2) is 4.68 Å². The van der Waals surface area contributed by atoms with Crippen LogP contribution in [0.3, 0.4) is 0 Å². The van der Waals surface area contributed by atoms with E-state index < -0.39 is 0 Å². The summed E-state index contributed by atoms with van der Waals surface area (Å²) in [4.78, 5) is 0. The first-order valence-corrected chi connectivity index (χ1v) is 7.98. The van der Waals surface area contributed by atoms with Gasteiger partial charge in [-0.05, 0) is 35.4 Å². The third-order valence-electron chi connectivity index (χ3n) is 4.72. The molecule has 4 aromatic rings. The van der Waals surface area contributed by atoms with E-state index in [4.69, 9.17) is 0 Å². The van der Waals surface area contributed by atoms with E-state index in [9.17, 15) is 5.26 Å². The van der Waals surface area contributed by atoms with Crippen LogP contribution >= 0.6 is 0 Å². The molecule has 3 nitrogen and oxygen atoms in total. The third kappa shape index (κ3) is 1.74. The van der Waals surface area contributed by atoms with Gasteiger partial charge >= 0.3 is 0 Å². The summed E-state index contributed by atoms with van der Waals surface area (Å²) in [6.07, 6.45) is 2.08. The monoisotopic (exact) mass is 308 g/mol. The van der Waals surface area contributed by atoms with Crippen LogP contribution in [0.2, 0.25) is 0 Å². The van der Waals surface area contributed by atoms with Gasteiger partial charge in [-0.2, -0.15) is 5.26 Å². The second kappa shape index (κ2) is 4.81. The second-order valence-corrected chi connectivity index (χ2v) is 6.10. The van der Waals surface area contributed by atoms with Crippen LogP contribution in [0.1, 0.15) is 11.1 Å². The number of nitriles is 1. The highest BCUT2D eigenvalue weighted by Crippen LogP contribution is 2.30. The minimum Gasteiger partial charge on any atom is -0.192 e. The molecule has 1 aliphatic heterocycles. The summed E-state index contributed by atoms with van der Waals surface area (Å²) >= 11 is 0. The van der Waals surface area contributed by atoms with E-state index in [1.807, 2.05) is 18.2 Å². The first-order valence-electron chi connectivity index (χ1n) is 7.98. The summed E-state index contributed by atoms with van der Waals surface area (Å²) in [6.45, 7) is 0.837. The maximum Gasteiger partial charge on any atom is 0.205 e. The van der Waals surface area contributed by atoms with Crippen LogP contribution in [0.5, 0.6) is 0 Å². The fraction of sp³-hybridized carbons (Fsp3) is 0.0476. The number of hydrogen-bond donors (Lipinski definition) is 0. The zero-order valence-corrected chi connectivity index (χ0v) is 13.0. The number of benzene rings is 3. The van der Waals surface area contributed by atoms with Crippen LogP contribution in [0.15, 0.2) is 72.9 Å². The quantitative estimate of drug-likeness (QED) is 0.433. The van der Waals surface area contributed by atoms with Crippen molar-refractivity contribution >= 4 is 10.9 Å². The van der Waals surface area contributed by atoms with Crippen LogP contribution in [0.4, 0.5) is 0 Å². The molecule has 0 atom stereocenters. The molecule has 0 radical (unpaired) electrons. The van der Waals surface area contributed by atoms with Crippen molar-refractivity contribution in [2.45, 2.75) is 6.54 Å². The molecule has 0 fully saturated rings. The smallest absolute Gasteiger partial charge is 0.192 e. The normalized spacial score (nSPS) is 12.0. The number of hydrogen-bond acceptors (Lipinski definition) is 1. The van der Waals surface area contributed by atoms with Gasteiger partial charge in [-0.3, -0.25) is 0 Å². The zero-order valence-electron chi connectivity index (χ0n) is 13.0. The van der Waals surface area contributed by atoms with Crippen molar-refractivity contribution in [2.75, 3.05) is 0 Å². The summed E-state index contributed by atoms with van der Waals surface area (Å²) in [6, 6.07) is 25.3. The number of fused-ring (bicyclic) bond motifs is 5. The molecule has 3 heteroatoms. The van der Waals surface area contributed by atoms with Crippen molar-refractivity contribution in [3.05, 3.63) is 84.1 Å². The van der Waals surface area contributed by atoms with E-state index in [1.165, 1.54) is 22.4 Å². The summed E-state index contributed by atoms with van der Waals surface area (Å²) in [5, 5.41) is 10.4. The van der Waals surface area contributed by atoms with E-state index in [2.05, 4.69) is 70.2 Å². The molecule has 0 spiro atoms. The summed E-state index contributed by atoms with van der Waals surface area (Å²) in [7, 11) is 0. The highest BCUT2D eigenvalue weighted by Gasteiger charge is 2.29. The van der Waals surface area contributed by atoms with E-state index in [1.54, 1.807) is 0 Å². The number of rotatable bonds is 1. The predicted molar refractivity (Wildman–Crippen MR) is 92.7 cm³/mol. The Hall–Kier alpha value is -3.38. The Kier molecular flexibility index (Phi) is 2.62. The molecule has 0 amide bonds.